The highest BCUT2D eigenvalue weighted by molar-refractivity contribution is 6.30. The Morgan fingerprint density at radius 3 is 3.00 bits per heavy atom. The van der Waals surface area contributed by atoms with E-state index in [9.17, 15) is 0 Å². The Hall–Kier alpha value is -0.640. The molecular weight excluding hydrogens is 224 g/mol. The topological polar surface area (TPSA) is 34.2 Å². The van der Waals surface area contributed by atoms with Gasteiger partial charge in [-0.2, -0.15) is 0 Å². The molecule has 2 rings (SSSR count). The Kier molecular flexibility index (Phi) is 4.16. The summed E-state index contributed by atoms with van der Waals surface area (Å²) in [5.41, 5.74) is 1.04. The molecule has 2 atom stereocenters. The number of nitrogens with one attached hydrogen (secondary N) is 1. The van der Waals surface area contributed by atoms with Crippen molar-refractivity contribution in [2.24, 2.45) is 5.92 Å². The van der Waals surface area contributed by atoms with Crippen molar-refractivity contribution in [3.63, 3.8) is 0 Å². The maximum absolute atomic E-state index is 5.84. The quantitative estimate of drug-likeness (QED) is 0.881. The van der Waals surface area contributed by atoms with Crippen LogP contribution < -0.4 is 5.32 Å². The first-order valence-corrected chi connectivity index (χ1v) is 6.05. The van der Waals surface area contributed by atoms with Crippen LogP contribution in [0.15, 0.2) is 18.3 Å². The van der Waals surface area contributed by atoms with Crippen molar-refractivity contribution in [1.82, 2.24) is 10.3 Å². The van der Waals surface area contributed by atoms with E-state index in [1.165, 1.54) is 6.42 Å². The van der Waals surface area contributed by atoms with Crippen LogP contribution in [0.1, 0.15) is 24.6 Å². The van der Waals surface area contributed by atoms with Crippen LogP contribution in [0.3, 0.4) is 0 Å². The molecule has 0 radical (unpaired) electrons. The molecule has 0 saturated carbocycles. The highest BCUT2D eigenvalue weighted by Crippen LogP contribution is 2.27. The molecule has 1 aliphatic rings. The molecule has 1 aliphatic heterocycles. The standard InChI is InChI=1S/C12H17ClN2O/c1-14-12(9-3-2-6-16-8-9)11-5-4-10(13)7-15-11/h4-5,7,9,12,14H,2-3,6,8H2,1H3. The zero-order valence-electron chi connectivity index (χ0n) is 9.45. The second-order valence-corrected chi connectivity index (χ2v) is 4.58. The van der Waals surface area contributed by atoms with E-state index >= 15 is 0 Å². The second-order valence-electron chi connectivity index (χ2n) is 4.14. The number of ether oxygens (including phenoxy) is 1. The third-order valence-corrected chi connectivity index (χ3v) is 3.27. The fourth-order valence-corrected chi connectivity index (χ4v) is 2.34. The maximum atomic E-state index is 5.84. The summed E-state index contributed by atoms with van der Waals surface area (Å²) >= 11 is 5.84. The Labute approximate surface area is 101 Å². The van der Waals surface area contributed by atoms with Crippen LogP contribution in [-0.4, -0.2) is 25.2 Å². The van der Waals surface area contributed by atoms with Gasteiger partial charge in [-0.25, -0.2) is 0 Å². The fraction of sp³-hybridized carbons (Fsp3) is 0.583. The van der Waals surface area contributed by atoms with Crippen molar-refractivity contribution in [2.75, 3.05) is 20.3 Å². The number of nitrogens with zero attached hydrogens (tertiary/aromatic N) is 1. The van der Waals surface area contributed by atoms with Gasteiger partial charge in [-0.05, 0) is 32.0 Å². The largest absolute Gasteiger partial charge is 0.381 e. The minimum Gasteiger partial charge on any atom is -0.381 e. The van der Waals surface area contributed by atoms with Crippen LogP contribution in [0.2, 0.25) is 5.02 Å². The van der Waals surface area contributed by atoms with Gasteiger partial charge in [-0.1, -0.05) is 11.6 Å². The molecule has 0 aliphatic carbocycles. The molecular formula is C12H17ClN2O. The van der Waals surface area contributed by atoms with E-state index in [0.717, 1.165) is 25.3 Å². The van der Waals surface area contributed by atoms with Gasteiger partial charge in [0.25, 0.3) is 0 Å². The molecule has 4 heteroatoms. The molecule has 2 unspecified atom stereocenters. The predicted molar refractivity (Wildman–Crippen MR) is 64.6 cm³/mol. The molecule has 1 aromatic rings. The number of halogens is 1. The molecule has 3 nitrogen and oxygen atoms in total. The SMILES string of the molecule is CNC(c1ccc(Cl)cn1)C1CCCOC1. The van der Waals surface area contributed by atoms with E-state index in [0.29, 0.717) is 10.9 Å². The minimum atomic E-state index is 0.262. The fourth-order valence-electron chi connectivity index (χ4n) is 2.22. The van der Waals surface area contributed by atoms with E-state index in [-0.39, 0.29) is 6.04 Å². The van der Waals surface area contributed by atoms with Crippen molar-refractivity contribution >= 4 is 11.6 Å². The van der Waals surface area contributed by atoms with Crippen LogP contribution in [0.25, 0.3) is 0 Å². The van der Waals surface area contributed by atoms with Crippen LogP contribution in [0.5, 0.6) is 0 Å². The molecule has 2 heterocycles. The molecule has 88 valence electrons. The zero-order chi connectivity index (χ0) is 11.4. The van der Waals surface area contributed by atoms with Crippen LogP contribution >= 0.6 is 11.6 Å². The van der Waals surface area contributed by atoms with Gasteiger partial charge in [0.05, 0.1) is 23.4 Å². The normalized spacial score (nSPS) is 23.0. The van der Waals surface area contributed by atoms with E-state index in [1.54, 1.807) is 6.20 Å². The average Bonchev–Trinajstić information content (AvgIpc) is 2.34. The highest BCUT2D eigenvalue weighted by Gasteiger charge is 2.25. The number of aromatic nitrogens is 1. The molecule has 1 fully saturated rings. The van der Waals surface area contributed by atoms with Gasteiger partial charge in [0.15, 0.2) is 0 Å². The van der Waals surface area contributed by atoms with Crippen molar-refractivity contribution in [2.45, 2.75) is 18.9 Å². The van der Waals surface area contributed by atoms with Crippen LogP contribution in [0, 0.1) is 5.92 Å². The lowest BCUT2D eigenvalue weighted by Gasteiger charge is -2.29. The zero-order valence-corrected chi connectivity index (χ0v) is 10.2. The van der Waals surface area contributed by atoms with E-state index in [2.05, 4.69) is 10.3 Å². The van der Waals surface area contributed by atoms with Gasteiger partial charge in [-0.15, -0.1) is 0 Å². The van der Waals surface area contributed by atoms with Gasteiger partial charge < -0.3 is 10.1 Å². The summed E-state index contributed by atoms with van der Waals surface area (Å²) in [6.07, 6.45) is 4.02. The maximum Gasteiger partial charge on any atom is 0.0589 e. The van der Waals surface area contributed by atoms with Gasteiger partial charge in [0.2, 0.25) is 0 Å². The van der Waals surface area contributed by atoms with Crippen molar-refractivity contribution < 1.29 is 4.74 Å². The first kappa shape index (κ1) is 11.8. The average molecular weight is 241 g/mol. The van der Waals surface area contributed by atoms with Gasteiger partial charge in [0, 0.05) is 18.7 Å². The smallest absolute Gasteiger partial charge is 0.0589 e. The Morgan fingerprint density at radius 1 is 1.56 bits per heavy atom. The number of rotatable bonds is 3. The number of pyridine rings is 1. The minimum absolute atomic E-state index is 0.262. The lowest BCUT2D eigenvalue weighted by Crippen LogP contribution is -2.31. The summed E-state index contributed by atoms with van der Waals surface area (Å²) in [4.78, 5) is 4.37. The summed E-state index contributed by atoms with van der Waals surface area (Å²) < 4.78 is 5.52. The molecule has 0 spiro atoms. The van der Waals surface area contributed by atoms with Gasteiger partial charge in [-0.3, -0.25) is 4.98 Å². The summed E-state index contributed by atoms with van der Waals surface area (Å²) in [5.74, 6) is 0.507. The summed E-state index contributed by atoms with van der Waals surface area (Å²) in [6, 6.07) is 4.13. The van der Waals surface area contributed by atoms with Crippen molar-refractivity contribution in [3.8, 4) is 0 Å². The monoisotopic (exact) mass is 240 g/mol. The summed E-state index contributed by atoms with van der Waals surface area (Å²) in [6.45, 7) is 1.71. The predicted octanol–water partition coefficient (Wildman–Crippen LogP) is 2.42. The molecule has 0 aromatic carbocycles. The van der Waals surface area contributed by atoms with E-state index < -0.39 is 0 Å². The Morgan fingerprint density at radius 2 is 2.44 bits per heavy atom. The molecule has 1 N–H and O–H groups in total. The first-order chi connectivity index (χ1) is 7.81. The number of hydrogen-bond acceptors (Lipinski definition) is 3. The molecule has 16 heavy (non-hydrogen) atoms. The van der Waals surface area contributed by atoms with E-state index in [4.69, 9.17) is 16.3 Å². The lowest BCUT2D eigenvalue weighted by atomic mass is 9.91. The first-order valence-electron chi connectivity index (χ1n) is 5.67. The highest BCUT2D eigenvalue weighted by atomic mass is 35.5. The third kappa shape index (κ3) is 2.73. The lowest BCUT2D eigenvalue weighted by molar-refractivity contribution is 0.0396. The molecule has 0 amide bonds. The number of hydrogen-bond donors (Lipinski definition) is 1. The summed E-state index contributed by atoms with van der Waals surface area (Å²) in [7, 11) is 1.97. The molecule has 1 aromatic heterocycles. The van der Waals surface area contributed by atoms with Crippen molar-refractivity contribution in [1.29, 1.82) is 0 Å². The molecule has 1 saturated heterocycles. The summed E-state index contributed by atoms with van der Waals surface area (Å²) in [5, 5.41) is 4.00. The Bertz CT molecular complexity index is 322. The van der Waals surface area contributed by atoms with Crippen LogP contribution in [-0.2, 0) is 4.74 Å². The molecule has 0 bridgehead atoms. The third-order valence-electron chi connectivity index (χ3n) is 3.05. The Balaban J connectivity index is 2.11. The van der Waals surface area contributed by atoms with Gasteiger partial charge in [0.1, 0.15) is 0 Å². The van der Waals surface area contributed by atoms with Gasteiger partial charge >= 0.3 is 0 Å². The van der Waals surface area contributed by atoms with Crippen LogP contribution in [0.4, 0.5) is 0 Å². The second kappa shape index (κ2) is 5.62. The van der Waals surface area contributed by atoms with E-state index in [1.807, 2.05) is 19.2 Å². The van der Waals surface area contributed by atoms with Crippen molar-refractivity contribution in [3.05, 3.63) is 29.0 Å².